The average molecular weight is 649 g/mol. The Hall–Kier alpha value is -2.68. The van der Waals surface area contributed by atoms with Crippen molar-refractivity contribution in [1.29, 1.82) is 0 Å². The summed E-state index contributed by atoms with van der Waals surface area (Å²) < 4.78 is 0. The van der Waals surface area contributed by atoms with Crippen molar-refractivity contribution < 1.29 is 25.2 Å². The van der Waals surface area contributed by atoms with Gasteiger partial charge in [-0.2, -0.15) is 11.9 Å². The molecule has 6 N–H and O–H groups in total. The van der Waals surface area contributed by atoms with E-state index in [2.05, 4.69) is 29.0 Å². The lowest BCUT2D eigenvalue weighted by Gasteiger charge is -2.46. The highest BCUT2D eigenvalue weighted by Gasteiger charge is 2.57. The third kappa shape index (κ3) is 9.07. The monoisotopic (exact) mass is 648 g/mol. The molecule has 0 bridgehead atoms. The molecule has 0 aliphatic heterocycles. The van der Waals surface area contributed by atoms with E-state index in [9.17, 15) is 25.2 Å². The number of hydrogen-bond donors (Lipinski definition) is 5. The molecule has 0 radical (unpaired) electrons. The number of aliphatic hydroxyl groups is 3. The molecule has 0 aromatic carbocycles. The summed E-state index contributed by atoms with van der Waals surface area (Å²) in [5, 5.41) is 44.9. The standard InChI is InChI=1S/C39H58N3O5/c1-2-3-5-9-26-13-14-28(35(43)21-26)10-6-4-7-12-33(38(45)46)37(44)29-15-16-34-30(20-27-17-19-42-36(40)22-27)23-31(39(34,47)25-29)24-32-11-8-18-41-32/h8,11,13-14,17-19,22,26,28-31,33-35,37,43-44,47H,2-7,9-10,12,15-16,20-21,23-25H2,1H3,(H2,40,42)(H,45,46)/q-1/t26-,28-,29+,30+,31-,33+,34-,35-,37-,39-/m1/s1. The molecule has 2 aromatic heterocycles. The topological polar surface area (TPSA) is 151 Å². The van der Waals surface area contributed by atoms with Crippen molar-refractivity contribution in [3.05, 3.63) is 60.1 Å². The van der Waals surface area contributed by atoms with Crippen LogP contribution in [0.15, 0.2) is 48.8 Å². The van der Waals surface area contributed by atoms with Crippen molar-refractivity contribution in [3.8, 4) is 0 Å². The Morgan fingerprint density at radius 3 is 2.64 bits per heavy atom. The van der Waals surface area contributed by atoms with Crippen LogP contribution in [0.1, 0.15) is 108 Å². The molecule has 0 saturated heterocycles. The molecule has 260 valence electrons. The lowest BCUT2D eigenvalue weighted by Crippen LogP contribution is -2.50. The number of carboxylic acid groups (broad SMARTS) is 1. The lowest BCUT2D eigenvalue weighted by molar-refractivity contribution is -0.152. The number of allylic oxidation sites excluding steroid dienone is 1. The summed E-state index contributed by atoms with van der Waals surface area (Å²) in [6.45, 7) is 2.21. The van der Waals surface area contributed by atoms with Crippen LogP contribution in [-0.4, -0.2) is 49.2 Å². The van der Waals surface area contributed by atoms with Gasteiger partial charge in [-0.1, -0.05) is 69.7 Å². The van der Waals surface area contributed by atoms with E-state index in [1.54, 1.807) is 12.4 Å². The van der Waals surface area contributed by atoms with Crippen LogP contribution in [-0.2, 0) is 17.6 Å². The number of anilines is 1. The molecular formula is C39H58N3O5-. The number of hydrogen-bond acceptors (Lipinski definition) is 6. The molecule has 47 heavy (non-hydrogen) atoms. The van der Waals surface area contributed by atoms with Crippen LogP contribution in [0.25, 0.3) is 0 Å². The number of unbranched alkanes of at least 4 members (excludes halogenated alkanes) is 4. The summed E-state index contributed by atoms with van der Waals surface area (Å²) in [6.07, 6.45) is 20.5. The summed E-state index contributed by atoms with van der Waals surface area (Å²) in [5.74, 6) is -0.599. The Bertz CT molecular complexity index is 1280. The SMILES string of the molecule is CCCCC[C@@H]1C=C[C@@H](CCCCC[C@H](C(=O)O)[C@H](O)[C@H]2CC[C@@H]3[C@@H](Cc4ccnc(N)c4)C[C@H](Cc4ccc[n-]4)[C@]3(O)C2)[C@H](O)C1. The Morgan fingerprint density at radius 1 is 1.09 bits per heavy atom. The van der Waals surface area contributed by atoms with Crippen LogP contribution in [0, 0.1) is 41.4 Å². The van der Waals surface area contributed by atoms with Crippen LogP contribution >= 0.6 is 0 Å². The summed E-state index contributed by atoms with van der Waals surface area (Å²) in [6, 6.07) is 7.83. The van der Waals surface area contributed by atoms with Gasteiger partial charge >= 0.3 is 5.97 Å². The summed E-state index contributed by atoms with van der Waals surface area (Å²) in [5.41, 5.74) is 7.06. The van der Waals surface area contributed by atoms with Crippen LogP contribution in [0.5, 0.6) is 0 Å². The fourth-order valence-electron chi connectivity index (χ4n) is 9.42. The molecule has 8 heteroatoms. The van der Waals surface area contributed by atoms with Gasteiger partial charge in [-0.05, 0) is 111 Å². The Kier molecular flexibility index (Phi) is 12.6. The average Bonchev–Trinajstić information content (AvgIpc) is 3.65. The van der Waals surface area contributed by atoms with Crippen LogP contribution in [0.4, 0.5) is 5.82 Å². The molecule has 0 spiro atoms. The molecule has 0 amide bonds. The number of aromatic nitrogens is 2. The number of rotatable bonds is 17. The van der Waals surface area contributed by atoms with E-state index in [-0.39, 0.29) is 35.7 Å². The molecule has 2 aromatic rings. The van der Waals surface area contributed by atoms with E-state index in [4.69, 9.17) is 5.73 Å². The highest BCUT2D eigenvalue weighted by Crippen LogP contribution is 2.56. The third-order valence-corrected chi connectivity index (χ3v) is 12.0. The second kappa shape index (κ2) is 16.6. The second-order valence-electron chi connectivity index (χ2n) is 15.1. The van der Waals surface area contributed by atoms with Crippen molar-refractivity contribution in [1.82, 2.24) is 9.97 Å². The maximum atomic E-state index is 12.4. The van der Waals surface area contributed by atoms with Crippen molar-refractivity contribution in [3.63, 3.8) is 0 Å². The van der Waals surface area contributed by atoms with Crippen molar-refractivity contribution >= 4 is 11.8 Å². The van der Waals surface area contributed by atoms with Crippen molar-refractivity contribution in [2.75, 3.05) is 5.73 Å². The zero-order valence-corrected chi connectivity index (χ0v) is 28.3. The largest absolute Gasteiger partial charge is 0.668 e. The first-order valence-electron chi connectivity index (χ1n) is 18.4. The van der Waals surface area contributed by atoms with Gasteiger partial charge in [0.05, 0.1) is 23.7 Å². The Labute approximate surface area is 281 Å². The number of nitrogens with two attached hydrogens (primary N) is 1. The molecule has 0 unspecified atom stereocenters. The quantitative estimate of drug-likeness (QED) is 0.0986. The van der Waals surface area contributed by atoms with Gasteiger partial charge in [-0.3, -0.25) is 4.79 Å². The zero-order valence-electron chi connectivity index (χ0n) is 28.3. The van der Waals surface area contributed by atoms with E-state index >= 15 is 0 Å². The molecule has 10 atom stereocenters. The van der Waals surface area contributed by atoms with Crippen molar-refractivity contribution in [2.24, 2.45) is 41.4 Å². The lowest BCUT2D eigenvalue weighted by atomic mass is 9.64. The molecule has 3 aliphatic carbocycles. The summed E-state index contributed by atoms with van der Waals surface area (Å²) >= 11 is 0. The van der Waals surface area contributed by atoms with Crippen LogP contribution < -0.4 is 10.7 Å². The molecule has 8 nitrogen and oxygen atoms in total. The first kappa shape index (κ1) is 35.6. The number of carboxylic acids is 1. The maximum Gasteiger partial charge on any atom is 0.309 e. The smallest absolute Gasteiger partial charge is 0.309 e. The minimum Gasteiger partial charge on any atom is -0.668 e. The van der Waals surface area contributed by atoms with Gasteiger partial charge in [-0.25, -0.2) is 4.98 Å². The van der Waals surface area contributed by atoms with Gasteiger partial charge < -0.3 is 31.1 Å². The Balaban J connectivity index is 1.15. The third-order valence-electron chi connectivity index (χ3n) is 12.0. The number of aliphatic carboxylic acids is 1. The number of aliphatic hydroxyl groups excluding tert-OH is 2. The van der Waals surface area contributed by atoms with Gasteiger partial charge in [-0.15, -0.1) is 0 Å². The van der Waals surface area contributed by atoms with E-state index < -0.39 is 23.6 Å². The minimum atomic E-state index is -0.998. The van der Waals surface area contributed by atoms with Crippen molar-refractivity contribution in [2.45, 2.75) is 127 Å². The number of pyridine rings is 1. The Morgan fingerprint density at radius 2 is 1.91 bits per heavy atom. The zero-order chi connectivity index (χ0) is 33.4. The predicted molar refractivity (Wildman–Crippen MR) is 184 cm³/mol. The van der Waals surface area contributed by atoms with Gasteiger partial charge in [0, 0.05) is 12.1 Å². The highest BCUT2D eigenvalue weighted by atomic mass is 16.4. The van der Waals surface area contributed by atoms with Gasteiger partial charge in [0.2, 0.25) is 0 Å². The van der Waals surface area contributed by atoms with E-state index in [0.29, 0.717) is 37.4 Å². The molecular weight excluding hydrogens is 590 g/mol. The molecule has 3 aliphatic rings. The fourth-order valence-corrected chi connectivity index (χ4v) is 9.42. The molecule has 2 saturated carbocycles. The number of fused-ring (bicyclic) bond motifs is 1. The van der Waals surface area contributed by atoms with Gasteiger partial charge in [0.25, 0.3) is 0 Å². The molecule has 5 rings (SSSR count). The molecule has 2 fully saturated rings. The normalized spacial score (nSPS) is 31.8. The van der Waals surface area contributed by atoms with E-state index in [0.717, 1.165) is 69.0 Å². The molecule has 2 heterocycles. The van der Waals surface area contributed by atoms with Crippen LogP contribution in [0.2, 0.25) is 0 Å². The van der Waals surface area contributed by atoms with Crippen LogP contribution in [0.3, 0.4) is 0 Å². The number of carbonyl (C=O) groups is 1. The first-order chi connectivity index (χ1) is 22.7. The summed E-state index contributed by atoms with van der Waals surface area (Å²) in [7, 11) is 0. The maximum absolute atomic E-state index is 12.4. The highest BCUT2D eigenvalue weighted by molar-refractivity contribution is 5.70. The second-order valence-corrected chi connectivity index (χ2v) is 15.1. The summed E-state index contributed by atoms with van der Waals surface area (Å²) in [4.78, 5) is 21.1. The fraction of sp³-hybridized carbons (Fsp3) is 0.692. The number of nitrogen functional groups attached to an aromatic ring is 1. The van der Waals surface area contributed by atoms with E-state index in [1.807, 2.05) is 24.3 Å². The van der Waals surface area contributed by atoms with Gasteiger partial charge in [0.1, 0.15) is 5.82 Å². The van der Waals surface area contributed by atoms with E-state index in [1.165, 1.54) is 19.3 Å². The number of nitrogens with zero attached hydrogens (tertiary/aromatic N) is 2. The first-order valence-corrected chi connectivity index (χ1v) is 18.4. The minimum absolute atomic E-state index is 0.0133. The predicted octanol–water partition coefficient (Wildman–Crippen LogP) is 6.34. The van der Waals surface area contributed by atoms with Gasteiger partial charge in [0.15, 0.2) is 0 Å².